The number of fused-ring (bicyclic) bond motifs is 1. The van der Waals surface area contributed by atoms with Gasteiger partial charge >= 0.3 is 5.69 Å². The number of halogens is 1. The van der Waals surface area contributed by atoms with Crippen LogP contribution in [0.1, 0.15) is 18.2 Å². The smallest absolute Gasteiger partial charge is 0.324 e. The van der Waals surface area contributed by atoms with Crippen molar-refractivity contribution in [1.29, 1.82) is 0 Å². The van der Waals surface area contributed by atoms with Crippen LogP contribution in [-0.2, 0) is 30.8 Å². The molecule has 0 unspecified atom stereocenters. The largest absolute Gasteiger partial charge is 0.332 e. The number of nitrogens with one attached hydrogen (secondary N) is 1. The Morgan fingerprint density at radius 2 is 1.79 bits per heavy atom. The SMILES string of the molecule is CCn1nc(C)c2c1c(=O)n(CCc1ccccc1)c(=O)n2CC(=O)Nc1cccc(F)c1. The molecule has 1 amide bonds. The first-order valence-electron chi connectivity index (χ1n) is 10.7. The molecule has 33 heavy (non-hydrogen) atoms. The Kier molecular flexibility index (Phi) is 6.21. The first-order valence-corrected chi connectivity index (χ1v) is 10.7. The van der Waals surface area contributed by atoms with Crippen molar-refractivity contribution in [2.75, 3.05) is 5.32 Å². The van der Waals surface area contributed by atoms with Gasteiger partial charge in [0.2, 0.25) is 5.91 Å². The van der Waals surface area contributed by atoms with Crippen LogP contribution >= 0.6 is 0 Å². The lowest BCUT2D eigenvalue weighted by molar-refractivity contribution is -0.116. The summed E-state index contributed by atoms with van der Waals surface area (Å²) in [5.41, 5.74) is 1.34. The number of aromatic nitrogens is 4. The molecular weight excluding hydrogens is 425 g/mol. The number of anilines is 1. The van der Waals surface area contributed by atoms with Crippen LogP contribution in [0, 0.1) is 12.7 Å². The predicted octanol–water partition coefficient (Wildman–Crippen LogP) is 2.71. The molecule has 0 fully saturated rings. The molecule has 0 radical (unpaired) electrons. The van der Waals surface area contributed by atoms with Crippen molar-refractivity contribution in [3.8, 4) is 0 Å². The molecule has 0 atom stereocenters. The fourth-order valence-corrected chi connectivity index (χ4v) is 3.93. The van der Waals surface area contributed by atoms with Gasteiger partial charge in [-0.2, -0.15) is 5.10 Å². The minimum absolute atomic E-state index is 0.164. The fraction of sp³-hybridized carbons (Fsp3) is 0.250. The van der Waals surface area contributed by atoms with Crippen LogP contribution in [0.3, 0.4) is 0 Å². The van der Waals surface area contributed by atoms with E-state index in [1.165, 1.54) is 22.8 Å². The maximum atomic E-state index is 13.5. The third kappa shape index (κ3) is 4.48. The van der Waals surface area contributed by atoms with Gasteiger partial charge in [0.05, 0.1) is 5.69 Å². The lowest BCUT2D eigenvalue weighted by Crippen LogP contribution is -2.42. The number of carbonyl (C=O) groups excluding carboxylic acids is 1. The number of amides is 1. The van der Waals surface area contributed by atoms with E-state index in [1.807, 2.05) is 37.3 Å². The van der Waals surface area contributed by atoms with Crippen molar-refractivity contribution in [2.45, 2.75) is 39.9 Å². The van der Waals surface area contributed by atoms with E-state index in [0.717, 1.165) is 10.1 Å². The summed E-state index contributed by atoms with van der Waals surface area (Å²) in [6, 6.07) is 15.0. The Morgan fingerprint density at radius 1 is 1.03 bits per heavy atom. The van der Waals surface area contributed by atoms with Crippen LogP contribution < -0.4 is 16.6 Å². The zero-order valence-corrected chi connectivity index (χ0v) is 18.4. The molecule has 170 valence electrons. The van der Waals surface area contributed by atoms with Gasteiger partial charge in [-0.25, -0.2) is 9.18 Å². The second-order valence-corrected chi connectivity index (χ2v) is 7.72. The predicted molar refractivity (Wildman–Crippen MR) is 124 cm³/mol. The number of hydrogen-bond donors (Lipinski definition) is 1. The van der Waals surface area contributed by atoms with Crippen molar-refractivity contribution in [1.82, 2.24) is 18.9 Å². The molecule has 9 heteroatoms. The van der Waals surface area contributed by atoms with E-state index in [2.05, 4.69) is 10.4 Å². The molecule has 8 nitrogen and oxygen atoms in total. The van der Waals surface area contributed by atoms with Gasteiger partial charge in [0, 0.05) is 18.8 Å². The summed E-state index contributed by atoms with van der Waals surface area (Å²) in [5, 5.41) is 7.00. The molecule has 0 saturated heterocycles. The highest BCUT2D eigenvalue weighted by atomic mass is 19.1. The number of hydrogen-bond acceptors (Lipinski definition) is 4. The van der Waals surface area contributed by atoms with Crippen LogP contribution in [0.4, 0.5) is 10.1 Å². The molecule has 0 bridgehead atoms. The van der Waals surface area contributed by atoms with Crippen LogP contribution in [0.5, 0.6) is 0 Å². The van der Waals surface area contributed by atoms with Gasteiger partial charge in [0.1, 0.15) is 17.9 Å². The lowest BCUT2D eigenvalue weighted by atomic mass is 10.1. The second-order valence-electron chi connectivity index (χ2n) is 7.72. The maximum Gasteiger partial charge on any atom is 0.332 e. The number of aryl methyl sites for hydroxylation is 3. The molecule has 4 aromatic rings. The summed E-state index contributed by atoms with van der Waals surface area (Å²) < 4.78 is 17.4. The van der Waals surface area contributed by atoms with E-state index in [1.54, 1.807) is 17.7 Å². The van der Waals surface area contributed by atoms with Gasteiger partial charge in [0.15, 0.2) is 5.52 Å². The molecule has 2 heterocycles. The minimum atomic E-state index is -0.587. The topological polar surface area (TPSA) is 90.9 Å². The number of carbonyl (C=O) groups is 1. The average molecular weight is 449 g/mol. The normalized spacial score (nSPS) is 11.1. The number of nitrogens with zero attached hydrogens (tertiary/aromatic N) is 4. The van der Waals surface area contributed by atoms with E-state index in [4.69, 9.17) is 0 Å². The number of benzene rings is 2. The van der Waals surface area contributed by atoms with E-state index >= 15 is 0 Å². The molecule has 4 rings (SSSR count). The first kappa shape index (κ1) is 22.2. The zero-order chi connectivity index (χ0) is 23.5. The Labute approximate surface area is 188 Å². The molecule has 2 aromatic carbocycles. The standard InChI is InChI=1S/C24H24FN5O3/c1-3-30-22-21(16(2)27-30)29(15-20(31)26-19-11-7-10-18(25)14-19)24(33)28(23(22)32)13-12-17-8-5-4-6-9-17/h4-11,14H,3,12-13,15H2,1-2H3,(H,26,31). The van der Waals surface area contributed by atoms with Crippen molar-refractivity contribution in [3.63, 3.8) is 0 Å². The first-order chi connectivity index (χ1) is 15.9. The van der Waals surface area contributed by atoms with Gasteiger partial charge in [-0.1, -0.05) is 36.4 Å². The lowest BCUT2D eigenvalue weighted by Gasteiger charge is -2.13. The molecule has 0 saturated carbocycles. The Hall–Kier alpha value is -4.01. The summed E-state index contributed by atoms with van der Waals surface area (Å²) in [6.45, 7) is 3.81. The second kappa shape index (κ2) is 9.23. The van der Waals surface area contributed by atoms with E-state index < -0.39 is 23.0 Å². The van der Waals surface area contributed by atoms with Crippen molar-refractivity contribution in [3.05, 3.63) is 92.5 Å². The highest BCUT2D eigenvalue weighted by molar-refractivity contribution is 5.91. The Bertz CT molecular complexity index is 1440. The zero-order valence-electron chi connectivity index (χ0n) is 18.4. The molecule has 0 aliphatic rings. The van der Waals surface area contributed by atoms with Crippen LogP contribution in [0.25, 0.3) is 11.0 Å². The Morgan fingerprint density at radius 3 is 2.48 bits per heavy atom. The van der Waals surface area contributed by atoms with Gasteiger partial charge in [-0.15, -0.1) is 0 Å². The van der Waals surface area contributed by atoms with Crippen molar-refractivity contribution < 1.29 is 9.18 Å². The highest BCUT2D eigenvalue weighted by Gasteiger charge is 2.21. The maximum absolute atomic E-state index is 13.5. The van der Waals surface area contributed by atoms with Gasteiger partial charge in [-0.3, -0.25) is 23.4 Å². The summed E-state index contributed by atoms with van der Waals surface area (Å²) in [4.78, 5) is 39.4. The highest BCUT2D eigenvalue weighted by Crippen LogP contribution is 2.15. The molecule has 0 aliphatic carbocycles. The quantitative estimate of drug-likeness (QED) is 0.470. The summed E-state index contributed by atoms with van der Waals surface area (Å²) in [5.74, 6) is -0.997. The molecule has 2 aromatic heterocycles. The third-order valence-corrected chi connectivity index (χ3v) is 5.45. The van der Waals surface area contributed by atoms with Crippen LogP contribution in [0.15, 0.2) is 64.2 Å². The van der Waals surface area contributed by atoms with E-state index in [9.17, 15) is 18.8 Å². The van der Waals surface area contributed by atoms with Gasteiger partial charge < -0.3 is 5.32 Å². The van der Waals surface area contributed by atoms with E-state index in [-0.39, 0.29) is 24.3 Å². The molecule has 0 spiro atoms. The molecule has 0 aliphatic heterocycles. The van der Waals surface area contributed by atoms with E-state index in [0.29, 0.717) is 24.2 Å². The van der Waals surface area contributed by atoms with Crippen molar-refractivity contribution in [2.24, 2.45) is 0 Å². The summed E-state index contributed by atoms with van der Waals surface area (Å²) in [6.07, 6.45) is 0.482. The summed E-state index contributed by atoms with van der Waals surface area (Å²) in [7, 11) is 0. The van der Waals surface area contributed by atoms with Gasteiger partial charge in [0.25, 0.3) is 5.56 Å². The van der Waals surface area contributed by atoms with Crippen LogP contribution in [-0.4, -0.2) is 24.8 Å². The number of rotatable bonds is 7. The monoisotopic (exact) mass is 449 g/mol. The fourth-order valence-electron chi connectivity index (χ4n) is 3.93. The summed E-state index contributed by atoms with van der Waals surface area (Å²) >= 11 is 0. The third-order valence-electron chi connectivity index (χ3n) is 5.45. The molecular formula is C24H24FN5O3. The van der Waals surface area contributed by atoms with Crippen LogP contribution in [0.2, 0.25) is 0 Å². The van der Waals surface area contributed by atoms with Gasteiger partial charge in [-0.05, 0) is 44.0 Å². The Balaban J connectivity index is 1.77. The van der Waals surface area contributed by atoms with Crippen molar-refractivity contribution >= 4 is 22.6 Å². The minimum Gasteiger partial charge on any atom is -0.324 e. The average Bonchev–Trinajstić information content (AvgIpc) is 3.13. The molecule has 1 N–H and O–H groups in total.